The van der Waals surface area contributed by atoms with Crippen LogP contribution in [0.3, 0.4) is 0 Å². The number of hydrogen-bond donors (Lipinski definition) is 2. The molecule has 4 heteroatoms. The van der Waals surface area contributed by atoms with E-state index in [9.17, 15) is 0 Å². The van der Waals surface area contributed by atoms with Gasteiger partial charge in [-0.05, 0) is 5.92 Å². The Morgan fingerprint density at radius 1 is 1.58 bits per heavy atom. The molecule has 0 aromatic heterocycles. The number of halogens is 2. The lowest BCUT2D eigenvalue weighted by Crippen LogP contribution is -2.37. The van der Waals surface area contributed by atoms with E-state index < -0.39 is 0 Å². The number of aliphatic hydroxyl groups is 1. The van der Waals surface area contributed by atoms with Crippen LogP contribution in [0.15, 0.2) is 10.6 Å². The molecule has 0 aliphatic heterocycles. The topological polar surface area (TPSA) is 32.3 Å². The van der Waals surface area contributed by atoms with Gasteiger partial charge in [0, 0.05) is 23.2 Å². The van der Waals surface area contributed by atoms with Crippen LogP contribution in [0.2, 0.25) is 0 Å². The highest BCUT2D eigenvalue weighted by molar-refractivity contribution is 6.36. The predicted molar refractivity (Wildman–Crippen MR) is 53.5 cm³/mol. The highest BCUT2D eigenvalue weighted by Gasteiger charge is 2.10. The van der Waals surface area contributed by atoms with Crippen molar-refractivity contribution in [3.05, 3.63) is 10.6 Å². The largest absolute Gasteiger partial charge is 0.395 e. The SMILES string of the molecule is CC(C)[C@@H](CO)NCC(Cl)=CCl. The molecule has 0 fully saturated rings. The van der Waals surface area contributed by atoms with Gasteiger partial charge in [0.1, 0.15) is 0 Å². The van der Waals surface area contributed by atoms with E-state index in [1.54, 1.807) is 0 Å². The van der Waals surface area contributed by atoms with Crippen molar-refractivity contribution in [1.29, 1.82) is 0 Å². The standard InChI is InChI=1S/C8H15Cl2NO/c1-6(2)8(5-12)11-4-7(10)3-9/h3,6,8,11-12H,4-5H2,1-2H3/t8-/m1/s1. The van der Waals surface area contributed by atoms with Crippen LogP contribution < -0.4 is 5.32 Å². The third kappa shape index (κ3) is 4.99. The summed E-state index contributed by atoms with van der Waals surface area (Å²) in [4.78, 5) is 0. The molecule has 0 aliphatic carbocycles. The molecule has 0 radical (unpaired) electrons. The maximum atomic E-state index is 8.92. The third-order valence-electron chi connectivity index (χ3n) is 1.65. The van der Waals surface area contributed by atoms with E-state index in [0.29, 0.717) is 17.5 Å². The van der Waals surface area contributed by atoms with Crippen molar-refractivity contribution in [2.75, 3.05) is 13.2 Å². The monoisotopic (exact) mass is 211 g/mol. The van der Waals surface area contributed by atoms with Crippen LogP contribution in [0.5, 0.6) is 0 Å². The molecule has 0 unspecified atom stereocenters. The van der Waals surface area contributed by atoms with Crippen molar-refractivity contribution < 1.29 is 5.11 Å². The van der Waals surface area contributed by atoms with E-state index in [2.05, 4.69) is 5.32 Å². The first-order valence-corrected chi connectivity index (χ1v) is 4.72. The Morgan fingerprint density at radius 2 is 2.17 bits per heavy atom. The summed E-state index contributed by atoms with van der Waals surface area (Å²) < 4.78 is 0. The van der Waals surface area contributed by atoms with E-state index in [-0.39, 0.29) is 12.6 Å². The van der Waals surface area contributed by atoms with Crippen molar-refractivity contribution in [2.24, 2.45) is 5.92 Å². The molecule has 12 heavy (non-hydrogen) atoms. The van der Waals surface area contributed by atoms with E-state index in [1.165, 1.54) is 5.54 Å². The third-order valence-corrected chi connectivity index (χ3v) is 2.27. The van der Waals surface area contributed by atoms with E-state index in [4.69, 9.17) is 28.3 Å². The lowest BCUT2D eigenvalue weighted by atomic mass is 10.1. The molecular weight excluding hydrogens is 197 g/mol. The summed E-state index contributed by atoms with van der Waals surface area (Å²) in [5.41, 5.74) is 1.32. The molecule has 0 bridgehead atoms. The molecule has 0 saturated heterocycles. The smallest absolute Gasteiger partial charge is 0.0587 e. The molecule has 72 valence electrons. The van der Waals surface area contributed by atoms with Crippen LogP contribution in [0.25, 0.3) is 0 Å². The zero-order valence-electron chi connectivity index (χ0n) is 7.35. The number of nitrogens with one attached hydrogen (secondary N) is 1. The van der Waals surface area contributed by atoms with Gasteiger partial charge in [-0.3, -0.25) is 0 Å². The van der Waals surface area contributed by atoms with Gasteiger partial charge in [0.05, 0.1) is 6.61 Å². The average molecular weight is 212 g/mol. The lowest BCUT2D eigenvalue weighted by Gasteiger charge is -2.19. The van der Waals surface area contributed by atoms with Crippen LogP contribution >= 0.6 is 23.2 Å². The predicted octanol–water partition coefficient (Wildman–Crippen LogP) is 1.91. The second-order valence-corrected chi connectivity index (χ2v) is 3.67. The summed E-state index contributed by atoms with van der Waals surface area (Å²) in [6.07, 6.45) is 0. The quantitative estimate of drug-likeness (QED) is 0.729. The molecule has 1 atom stereocenters. The summed E-state index contributed by atoms with van der Waals surface area (Å²) in [5.74, 6) is 0.384. The molecule has 0 heterocycles. The first-order valence-electron chi connectivity index (χ1n) is 3.90. The molecule has 0 rings (SSSR count). The van der Waals surface area contributed by atoms with E-state index in [1.807, 2.05) is 13.8 Å². The number of aliphatic hydroxyl groups excluding tert-OH is 1. The van der Waals surface area contributed by atoms with Crippen molar-refractivity contribution in [2.45, 2.75) is 19.9 Å². The maximum Gasteiger partial charge on any atom is 0.0587 e. The second-order valence-electron chi connectivity index (χ2n) is 2.97. The van der Waals surface area contributed by atoms with Crippen LogP contribution in [0.1, 0.15) is 13.8 Å². The number of hydrogen-bond acceptors (Lipinski definition) is 2. The summed E-state index contributed by atoms with van der Waals surface area (Å²) in [6.45, 7) is 4.69. The van der Waals surface area contributed by atoms with Gasteiger partial charge >= 0.3 is 0 Å². The van der Waals surface area contributed by atoms with Crippen molar-refractivity contribution in [3.8, 4) is 0 Å². The highest BCUT2D eigenvalue weighted by atomic mass is 35.5. The summed E-state index contributed by atoms with van der Waals surface area (Å²) >= 11 is 11.0. The molecule has 0 aromatic rings. The van der Waals surface area contributed by atoms with Gasteiger partial charge in [-0.2, -0.15) is 0 Å². The minimum atomic E-state index is 0.0790. The summed E-state index contributed by atoms with van der Waals surface area (Å²) in [5, 5.41) is 12.6. The fraction of sp³-hybridized carbons (Fsp3) is 0.750. The highest BCUT2D eigenvalue weighted by Crippen LogP contribution is 2.04. The molecule has 2 nitrogen and oxygen atoms in total. The molecular formula is C8H15Cl2NO. The lowest BCUT2D eigenvalue weighted by molar-refractivity contribution is 0.214. The van der Waals surface area contributed by atoms with Crippen LogP contribution in [0.4, 0.5) is 0 Å². The van der Waals surface area contributed by atoms with Gasteiger partial charge in [-0.25, -0.2) is 0 Å². The number of rotatable bonds is 5. The van der Waals surface area contributed by atoms with Gasteiger partial charge in [0.2, 0.25) is 0 Å². The Balaban J connectivity index is 3.73. The second kappa shape index (κ2) is 6.72. The van der Waals surface area contributed by atoms with Crippen LogP contribution in [0, 0.1) is 5.92 Å². The molecule has 0 saturated carbocycles. The Morgan fingerprint density at radius 3 is 2.50 bits per heavy atom. The van der Waals surface area contributed by atoms with Crippen LogP contribution in [-0.4, -0.2) is 24.3 Å². The first kappa shape index (κ1) is 12.2. The minimum Gasteiger partial charge on any atom is -0.395 e. The fourth-order valence-electron chi connectivity index (χ4n) is 0.778. The molecule has 0 amide bonds. The van der Waals surface area contributed by atoms with E-state index in [0.717, 1.165) is 0 Å². The van der Waals surface area contributed by atoms with Gasteiger partial charge in [-0.15, -0.1) is 0 Å². The summed E-state index contributed by atoms with van der Waals surface area (Å²) in [6, 6.07) is 0.0790. The summed E-state index contributed by atoms with van der Waals surface area (Å²) in [7, 11) is 0. The van der Waals surface area contributed by atoms with Crippen molar-refractivity contribution >= 4 is 23.2 Å². The van der Waals surface area contributed by atoms with Crippen molar-refractivity contribution in [3.63, 3.8) is 0 Å². The van der Waals surface area contributed by atoms with Gasteiger partial charge in [0.25, 0.3) is 0 Å². The maximum absolute atomic E-state index is 8.92. The first-order chi connectivity index (χ1) is 5.61. The van der Waals surface area contributed by atoms with Crippen molar-refractivity contribution in [1.82, 2.24) is 5.32 Å². The van der Waals surface area contributed by atoms with Gasteiger partial charge in [-0.1, -0.05) is 37.0 Å². The van der Waals surface area contributed by atoms with Gasteiger partial charge < -0.3 is 10.4 Å². The zero-order chi connectivity index (χ0) is 9.56. The Hall–Kier alpha value is 0.240. The zero-order valence-corrected chi connectivity index (χ0v) is 8.86. The molecule has 0 aliphatic rings. The molecule has 0 spiro atoms. The minimum absolute atomic E-state index is 0.0790. The Labute approximate surface area is 83.6 Å². The fourth-order valence-corrected chi connectivity index (χ4v) is 0.933. The molecule has 2 N–H and O–H groups in total. The van der Waals surface area contributed by atoms with Gasteiger partial charge in [0.15, 0.2) is 0 Å². The normalized spacial score (nSPS) is 15.3. The molecule has 0 aromatic carbocycles. The Bertz CT molecular complexity index is 148. The van der Waals surface area contributed by atoms with E-state index >= 15 is 0 Å². The van der Waals surface area contributed by atoms with Crippen LogP contribution in [-0.2, 0) is 0 Å². The Kier molecular flexibility index (Phi) is 6.86. The average Bonchev–Trinajstić information content (AvgIpc) is 2.04.